The molecule has 1 aromatic rings. The van der Waals surface area contributed by atoms with Gasteiger partial charge in [0.15, 0.2) is 0 Å². The largest absolute Gasteiger partial charge is 0.341 e. The van der Waals surface area contributed by atoms with E-state index in [9.17, 15) is 4.79 Å². The van der Waals surface area contributed by atoms with Gasteiger partial charge in [-0.25, -0.2) is 4.79 Å². The molecule has 1 rings (SSSR count). The summed E-state index contributed by atoms with van der Waals surface area (Å²) in [6.45, 7) is 4.17. The Balaban J connectivity index is 2.11. The molecular weight excluding hydrogens is 274 g/mol. The van der Waals surface area contributed by atoms with Crippen LogP contribution in [0.3, 0.4) is 0 Å². The SMILES string of the molecule is CNC(=O)NSCCSCc1c(C)nsc1C. The van der Waals surface area contributed by atoms with Crippen molar-refractivity contribution in [1.82, 2.24) is 14.4 Å². The maximum Gasteiger partial charge on any atom is 0.324 e. The summed E-state index contributed by atoms with van der Waals surface area (Å²) in [6.07, 6.45) is 0. The first kappa shape index (κ1) is 14.7. The summed E-state index contributed by atoms with van der Waals surface area (Å²) in [5.74, 6) is 2.94. The van der Waals surface area contributed by atoms with Crippen molar-refractivity contribution >= 4 is 41.3 Å². The number of aryl methyl sites for hydroxylation is 2. The number of rotatable bonds is 6. The standard InChI is InChI=1S/C10H17N3OS3/c1-7-9(8(2)17-12-7)6-15-4-5-16-13-10(14)11-3/h4-6H2,1-3H3,(H2,11,13,14). The van der Waals surface area contributed by atoms with E-state index >= 15 is 0 Å². The zero-order valence-corrected chi connectivity index (χ0v) is 12.7. The van der Waals surface area contributed by atoms with Gasteiger partial charge in [-0.2, -0.15) is 16.1 Å². The van der Waals surface area contributed by atoms with Gasteiger partial charge in [-0.1, -0.05) is 0 Å². The van der Waals surface area contributed by atoms with Crippen molar-refractivity contribution in [2.45, 2.75) is 19.6 Å². The minimum Gasteiger partial charge on any atom is -0.341 e. The minimum atomic E-state index is -0.145. The topological polar surface area (TPSA) is 54.0 Å². The molecule has 17 heavy (non-hydrogen) atoms. The molecule has 7 heteroatoms. The predicted molar refractivity (Wildman–Crippen MR) is 77.8 cm³/mol. The van der Waals surface area contributed by atoms with Crippen molar-refractivity contribution in [3.05, 3.63) is 16.1 Å². The monoisotopic (exact) mass is 291 g/mol. The molecule has 0 atom stereocenters. The molecule has 1 heterocycles. The first-order valence-electron chi connectivity index (χ1n) is 5.24. The predicted octanol–water partition coefficient (Wildman–Crippen LogP) is 2.57. The van der Waals surface area contributed by atoms with E-state index in [1.54, 1.807) is 18.6 Å². The van der Waals surface area contributed by atoms with Gasteiger partial charge in [0.2, 0.25) is 0 Å². The summed E-state index contributed by atoms with van der Waals surface area (Å²) in [6, 6.07) is -0.145. The number of thioether (sulfide) groups is 1. The molecule has 0 aromatic carbocycles. The normalized spacial score (nSPS) is 10.3. The first-order valence-corrected chi connectivity index (χ1v) is 8.15. The fourth-order valence-corrected chi connectivity index (χ4v) is 3.87. The van der Waals surface area contributed by atoms with E-state index in [-0.39, 0.29) is 6.03 Å². The smallest absolute Gasteiger partial charge is 0.324 e. The van der Waals surface area contributed by atoms with Crippen LogP contribution in [0.5, 0.6) is 0 Å². The molecule has 2 amide bonds. The highest BCUT2D eigenvalue weighted by molar-refractivity contribution is 8.01. The number of nitrogens with zero attached hydrogens (tertiary/aromatic N) is 1. The summed E-state index contributed by atoms with van der Waals surface area (Å²) < 4.78 is 7.02. The van der Waals surface area contributed by atoms with Gasteiger partial charge in [-0.15, -0.1) is 0 Å². The maximum atomic E-state index is 10.9. The highest BCUT2D eigenvalue weighted by atomic mass is 32.2. The lowest BCUT2D eigenvalue weighted by atomic mass is 10.2. The maximum absolute atomic E-state index is 10.9. The zero-order valence-electron chi connectivity index (χ0n) is 10.2. The molecule has 0 aliphatic heterocycles. The number of urea groups is 1. The number of aromatic nitrogens is 1. The van der Waals surface area contributed by atoms with E-state index in [1.807, 2.05) is 11.8 Å². The molecule has 0 aliphatic rings. The van der Waals surface area contributed by atoms with E-state index in [0.29, 0.717) is 0 Å². The molecule has 1 aromatic heterocycles. The number of carbonyl (C=O) groups is 1. The Morgan fingerprint density at radius 1 is 1.41 bits per heavy atom. The van der Waals surface area contributed by atoms with Gasteiger partial charge >= 0.3 is 6.03 Å². The van der Waals surface area contributed by atoms with Crippen molar-refractivity contribution in [2.24, 2.45) is 0 Å². The highest BCUT2D eigenvalue weighted by Crippen LogP contribution is 2.22. The van der Waals surface area contributed by atoms with Crippen molar-refractivity contribution in [3.8, 4) is 0 Å². The summed E-state index contributed by atoms with van der Waals surface area (Å²) in [4.78, 5) is 12.2. The molecule has 96 valence electrons. The second-order valence-corrected chi connectivity index (χ2v) is 6.37. The molecule has 0 aliphatic carbocycles. The molecule has 0 bridgehead atoms. The van der Waals surface area contributed by atoms with Crippen LogP contribution in [-0.4, -0.2) is 29.0 Å². The first-order chi connectivity index (χ1) is 8.15. The lowest BCUT2D eigenvalue weighted by Gasteiger charge is -2.04. The summed E-state index contributed by atoms with van der Waals surface area (Å²) in [5, 5.41) is 2.51. The third kappa shape index (κ3) is 5.18. The molecule has 0 unspecified atom stereocenters. The van der Waals surface area contributed by atoms with Crippen molar-refractivity contribution < 1.29 is 4.79 Å². The van der Waals surface area contributed by atoms with Crippen molar-refractivity contribution in [1.29, 1.82) is 0 Å². The molecule has 4 nitrogen and oxygen atoms in total. The van der Waals surface area contributed by atoms with Crippen LogP contribution in [0.4, 0.5) is 4.79 Å². The zero-order chi connectivity index (χ0) is 12.7. The Labute approximate surface area is 115 Å². The van der Waals surface area contributed by atoms with Gasteiger partial charge in [0.25, 0.3) is 0 Å². The molecule has 2 N–H and O–H groups in total. The Kier molecular flexibility index (Phi) is 6.76. The van der Waals surface area contributed by atoms with E-state index in [2.05, 4.69) is 28.3 Å². The second kappa shape index (κ2) is 7.84. The number of nitrogens with one attached hydrogen (secondary N) is 2. The Hall–Kier alpha value is -0.400. The van der Waals surface area contributed by atoms with Crippen LogP contribution < -0.4 is 10.0 Å². The summed E-state index contributed by atoms with van der Waals surface area (Å²) in [7, 11) is 1.61. The van der Waals surface area contributed by atoms with Crippen LogP contribution >= 0.6 is 35.2 Å². The minimum absolute atomic E-state index is 0.145. The third-order valence-corrected chi connectivity index (χ3v) is 5.02. The van der Waals surface area contributed by atoms with E-state index < -0.39 is 0 Å². The summed E-state index contributed by atoms with van der Waals surface area (Å²) >= 11 is 4.88. The fourth-order valence-electron chi connectivity index (χ4n) is 1.15. The third-order valence-electron chi connectivity index (χ3n) is 2.15. The van der Waals surface area contributed by atoms with E-state index in [0.717, 1.165) is 23.0 Å². The van der Waals surface area contributed by atoms with E-state index in [1.165, 1.54) is 22.4 Å². The van der Waals surface area contributed by atoms with Gasteiger partial charge < -0.3 is 5.32 Å². The molecule has 0 fully saturated rings. The number of amides is 2. The van der Waals surface area contributed by atoms with Gasteiger partial charge in [0.05, 0.1) is 5.69 Å². The van der Waals surface area contributed by atoms with Crippen LogP contribution in [-0.2, 0) is 5.75 Å². The molecular formula is C10H17N3OS3. The average molecular weight is 291 g/mol. The van der Waals surface area contributed by atoms with Crippen molar-refractivity contribution in [2.75, 3.05) is 18.6 Å². The molecule has 0 radical (unpaired) electrons. The van der Waals surface area contributed by atoms with Gasteiger partial charge in [0.1, 0.15) is 0 Å². The van der Waals surface area contributed by atoms with Crippen LogP contribution in [0.1, 0.15) is 16.1 Å². The number of carbonyl (C=O) groups excluding carboxylic acids is 1. The van der Waals surface area contributed by atoms with Crippen molar-refractivity contribution in [3.63, 3.8) is 0 Å². The Morgan fingerprint density at radius 3 is 2.76 bits per heavy atom. The van der Waals surface area contributed by atoms with Crippen LogP contribution in [0, 0.1) is 13.8 Å². The number of hydrogen-bond donors (Lipinski definition) is 2. The van der Waals surface area contributed by atoms with Crippen LogP contribution in [0.15, 0.2) is 0 Å². The quantitative estimate of drug-likeness (QED) is 0.625. The van der Waals surface area contributed by atoms with Crippen LogP contribution in [0.2, 0.25) is 0 Å². The Morgan fingerprint density at radius 2 is 2.18 bits per heavy atom. The average Bonchev–Trinajstić information content (AvgIpc) is 2.64. The Bertz CT molecular complexity index is 348. The highest BCUT2D eigenvalue weighted by Gasteiger charge is 2.06. The second-order valence-electron chi connectivity index (χ2n) is 3.38. The number of hydrogen-bond acceptors (Lipinski definition) is 5. The van der Waals surface area contributed by atoms with Crippen LogP contribution in [0.25, 0.3) is 0 Å². The molecule has 0 spiro atoms. The van der Waals surface area contributed by atoms with E-state index in [4.69, 9.17) is 0 Å². The molecule has 0 saturated carbocycles. The lowest BCUT2D eigenvalue weighted by Crippen LogP contribution is -2.27. The summed E-state index contributed by atoms with van der Waals surface area (Å²) in [5.41, 5.74) is 2.51. The fraction of sp³-hybridized carbons (Fsp3) is 0.600. The van der Waals surface area contributed by atoms with Gasteiger partial charge in [0, 0.05) is 29.2 Å². The lowest BCUT2D eigenvalue weighted by molar-refractivity contribution is 0.248. The molecule has 0 saturated heterocycles. The van der Waals surface area contributed by atoms with Gasteiger partial charge in [-0.05, 0) is 42.9 Å². The van der Waals surface area contributed by atoms with Gasteiger partial charge in [-0.3, -0.25) is 4.72 Å².